The number of amides is 1. The van der Waals surface area contributed by atoms with E-state index in [2.05, 4.69) is 48.2 Å². The molecule has 2 fully saturated rings. The average Bonchev–Trinajstić information content (AvgIpc) is 3.42. The van der Waals surface area contributed by atoms with Gasteiger partial charge in [-0.25, -0.2) is 0 Å². The second-order valence-corrected chi connectivity index (χ2v) is 10.7. The molecule has 5 rings (SSSR count). The summed E-state index contributed by atoms with van der Waals surface area (Å²) < 4.78 is 1.88. The third kappa shape index (κ3) is 4.46. The molecule has 4 heterocycles. The summed E-state index contributed by atoms with van der Waals surface area (Å²) in [6.07, 6.45) is 7.76. The number of nitrogens with zero attached hydrogens (tertiary/aromatic N) is 3. The Kier molecular flexibility index (Phi) is 7.44. The molecule has 0 bridgehead atoms. The van der Waals surface area contributed by atoms with E-state index >= 15 is 0 Å². The zero-order valence-electron chi connectivity index (χ0n) is 21.6. The lowest BCUT2D eigenvalue weighted by molar-refractivity contribution is -0.139. The van der Waals surface area contributed by atoms with E-state index in [-0.39, 0.29) is 42.0 Å². The third-order valence-corrected chi connectivity index (χ3v) is 8.59. The lowest BCUT2D eigenvalue weighted by Crippen LogP contribution is -2.52. The Hall–Kier alpha value is -2.70. The fraction of sp³-hybridized carbons (Fsp3) is 0.533. The highest BCUT2D eigenvalue weighted by atomic mass is 16.3. The van der Waals surface area contributed by atoms with Crippen LogP contribution in [0.1, 0.15) is 56.0 Å². The van der Waals surface area contributed by atoms with Gasteiger partial charge in [-0.1, -0.05) is 49.4 Å². The number of hydrogen-bond acceptors (Lipinski definition) is 4. The summed E-state index contributed by atoms with van der Waals surface area (Å²) in [5.41, 5.74) is 3.07. The van der Waals surface area contributed by atoms with Crippen LogP contribution in [-0.4, -0.2) is 57.7 Å². The van der Waals surface area contributed by atoms with Crippen LogP contribution in [0.3, 0.4) is 0 Å². The molecule has 3 aliphatic rings. The minimum absolute atomic E-state index is 0.000902. The van der Waals surface area contributed by atoms with Crippen molar-refractivity contribution in [2.45, 2.75) is 58.2 Å². The zero-order valence-corrected chi connectivity index (χ0v) is 21.6. The first-order chi connectivity index (χ1) is 17.6. The largest absolute Gasteiger partial charge is 0.396 e. The quantitative estimate of drug-likeness (QED) is 0.644. The number of rotatable bonds is 7. The van der Waals surface area contributed by atoms with E-state index < -0.39 is 0 Å². The van der Waals surface area contributed by atoms with E-state index in [0.717, 1.165) is 51.0 Å². The molecule has 0 spiro atoms. The minimum Gasteiger partial charge on any atom is -0.396 e. The number of aliphatic hydroxyl groups is 1. The number of allylic oxidation sites excluding steroid dienone is 1. The van der Waals surface area contributed by atoms with Gasteiger partial charge in [0.2, 0.25) is 5.91 Å². The van der Waals surface area contributed by atoms with Gasteiger partial charge in [0, 0.05) is 49.3 Å². The van der Waals surface area contributed by atoms with Crippen LogP contribution in [0.25, 0.3) is 6.08 Å². The molecule has 1 aromatic carbocycles. The van der Waals surface area contributed by atoms with Crippen LogP contribution in [0.4, 0.5) is 0 Å². The highest BCUT2D eigenvalue weighted by Gasteiger charge is 2.56. The molecule has 0 saturated carbocycles. The molecule has 0 aliphatic carbocycles. The molecule has 6 heteroatoms. The van der Waals surface area contributed by atoms with Gasteiger partial charge in [-0.2, -0.15) is 0 Å². The zero-order chi connectivity index (χ0) is 25.2. The van der Waals surface area contributed by atoms with Gasteiger partial charge in [-0.05, 0) is 62.8 Å². The van der Waals surface area contributed by atoms with Gasteiger partial charge in [0.25, 0.3) is 5.56 Å². The third-order valence-electron chi connectivity index (χ3n) is 8.59. The molecular weight excluding hydrogens is 450 g/mol. The number of fused-ring (bicyclic) bond motifs is 3. The second kappa shape index (κ2) is 10.7. The smallest absolute Gasteiger partial charge is 0.258 e. The molecule has 3 aliphatic heterocycles. The highest BCUT2D eigenvalue weighted by molar-refractivity contribution is 5.83. The SMILES string of the molecule is C/C=C\c1ccc2n(c1=O)C[C@@H]1[C@@H](CO)[C@H](C(=O)N3CCC(Cc4ccccc4)CC3)N(CCC)[C@H]21. The van der Waals surface area contributed by atoms with Gasteiger partial charge in [-0.15, -0.1) is 0 Å². The summed E-state index contributed by atoms with van der Waals surface area (Å²) >= 11 is 0. The molecule has 2 saturated heterocycles. The number of carbonyl (C=O) groups is 1. The van der Waals surface area contributed by atoms with Crippen molar-refractivity contribution in [3.63, 3.8) is 0 Å². The molecule has 0 unspecified atom stereocenters. The van der Waals surface area contributed by atoms with Crippen LogP contribution in [0.5, 0.6) is 0 Å². The lowest BCUT2D eigenvalue weighted by Gasteiger charge is -2.38. The number of pyridine rings is 1. The van der Waals surface area contributed by atoms with Crippen molar-refractivity contribution in [1.29, 1.82) is 0 Å². The number of hydrogen-bond donors (Lipinski definition) is 1. The Bertz CT molecular complexity index is 1150. The fourth-order valence-corrected chi connectivity index (χ4v) is 6.92. The fourth-order valence-electron chi connectivity index (χ4n) is 6.92. The van der Waals surface area contributed by atoms with Gasteiger partial charge in [0.15, 0.2) is 0 Å². The van der Waals surface area contributed by atoms with Crippen molar-refractivity contribution < 1.29 is 9.90 Å². The first-order valence-corrected chi connectivity index (χ1v) is 13.6. The first-order valence-electron chi connectivity index (χ1n) is 13.6. The molecule has 0 radical (unpaired) electrons. The standard InChI is InChI=1S/C30H39N3O3/c1-3-8-23-11-12-26-27-24(19-33(26)29(23)35)25(20-34)28(32(27)15-4-2)30(36)31-16-13-22(14-17-31)18-21-9-6-5-7-10-21/h3,5-12,22,24-25,27-28,34H,4,13-20H2,1-2H3/b8-3-/t24-,25-,27+,28-/m1/s1. The maximum absolute atomic E-state index is 14.0. The molecule has 36 heavy (non-hydrogen) atoms. The topological polar surface area (TPSA) is 65.8 Å². The van der Waals surface area contributed by atoms with Crippen LogP contribution in [0.15, 0.2) is 53.3 Å². The van der Waals surface area contributed by atoms with Crippen molar-refractivity contribution in [3.8, 4) is 0 Å². The number of aromatic nitrogens is 1. The predicted molar refractivity (Wildman–Crippen MR) is 142 cm³/mol. The number of piperidine rings is 1. The van der Waals surface area contributed by atoms with Crippen LogP contribution in [0.2, 0.25) is 0 Å². The summed E-state index contributed by atoms with van der Waals surface area (Å²) in [4.78, 5) is 31.4. The maximum Gasteiger partial charge on any atom is 0.258 e. The Labute approximate surface area is 214 Å². The Morgan fingerprint density at radius 3 is 2.53 bits per heavy atom. The first kappa shape index (κ1) is 25.0. The molecule has 1 N–H and O–H groups in total. The molecule has 1 aromatic heterocycles. The van der Waals surface area contributed by atoms with Crippen molar-refractivity contribution in [3.05, 3.63) is 75.7 Å². The van der Waals surface area contributed by atoms with E-state index in [0.29, 0.717) is 18.0 Å². The normalized spacial score (nSPS) is 26.5. The van der Waals surface area contributed by atoms with Crippen molar-refractivity contribution in [2.24, 2.45) is 17.8 Å². The number of carbonyl (C=O) groups excluding carboxylic acids is 1. The molecule has 1 amide bonds. The van der Waals surface area contributed by atoms with Crippen molar-refractivity contribution in [1.82, 2.24) is 14.4 Å². The minimum atomic E-state index is -0.324. The van der Waals surface area contributed by atoms with Crippen LogP contribution in [-0.2, 0) is 17.8 Å². The molecule has 6 nitrogen and oxygen atoms in total. The highest BCUT2D eigenvalue weighted by Crippen LogP contribution is 2.49. The second-order valence-electron chi connectivity index (χ2n) is 10.7. The maximum atomic E-state index is 14.0. The number of aliphatic hydroxyl groups excluding tert-OH is 1. The van der Waals surface area contributed by atoms with E-state index in [1.165, 1.54) is 5.56 Å². The summed E-state index contributed by atoms with van der Waals surface area (Å²) in [6.45, 7) is 6.92. The summed E-state index contributed by atoms with van der Waals surface area (Å²) in [5, 5.41) is 10.5. The molecular formula is C30H39N3O3. The monoisotopic (exact) mass is 489 g/mol. The van der Waals surface area contributed by atoms with Gasteiger partial charge in [-0.3, -0.25) is 14.5 Å². The number of benzene rings is 1. The predicted octanol–water partition coefficient (Wildman–Crippen LogP) is 3.74. The van der Waals surface area contributed by atoms with Crippen molar-refractivity contribution in [2.75, 3.05) is 26.2 Å². The van der Waals surface area contributed by atoms with Crippen LogP contribution < -0.4 is 5.56 Å². The Morgan fingerprint density at radius 2 is 1.86 bits per heavy atom. The molecule has 4 atom stereocenters. The Balaban J connectivity index is 1.35. The summed E-state index contributed by atoms with van der Waals surface area (Å²) in [6, 6.07) is 14.3. The number of likely N-dealkylation sites (tertiary alicyclic amines) is 2. The average molecular weight is 490 g/mol. The molecule has 2 aromatic rings. The van der Waals surface area contributed by atoms with Crippen LogP contribution >= 0.6 is 0 Å². The van der Waals surface area contributed by atoms with Gasteiger partial charge in [0.1, 0.15) is 0 Å². The van der Waals surface area contributed by atoms with Gasteiger partial charge in [0.05, 0.1) is 12.1 Å². The van der Waals surface area contributed by atoms with Crippen molar-refractivity contribution >= 4 is 12.0 Å². The van der Waals surface area contributed by atoms with Gasteiger partial charge < -0.3 is 14.6 Å². The molecule has 192 valence electrons. The van der Waals surface area contributed by atoms with E-state index in [9.17, 15) is 14.7 Å². The lowest BCUT2D eigenvalue weighted by atomic mass is 9.86. The van der Waals surface area contributed by atoms with Gasteiger partial charge >= 0.3 is 0 Å². The van der Waals surface area contributed by atoms with E-state index in [1.54, 1.807) is 0 Å². The van der Waals surface area contributed by atoms with Crippen LogP contribution in [0, 0.1) is 17.8 Å². The van der Waals surface area contributed by atoms with E-state index in [1.807, 2.05) is 34.6 Å². The summed E-state index contributed by atoms with van der Waals surface area (Å²) in [7, 11) is 0. The Morgan fingerprint density at radius 1 is 1.11 bits per heavy atom. The summed E-state index contributed by atoms with van der Waals surface area (Å²) in [5.74, 6) is 0.666. The van der Waals surface area contributed by atoms with E-state index in [4.69, 9.17) is 0 Å².